The van der Waals surface area contributed by atoms with Crippen molar-refractivity contribution in [3.05, 3.63) is 57.6 Å². The highest BCUT2D eigenvalue weighted by atomic mass is 35.5. The first-order chi connectivity index (χ1) is 12.3. The second-order valence-corrected chi connectivity index (χ2v) is 6.42. The fraction of sp³-hybridized carbons (Fsp3) is 0.263. The minimum absolute atomic E-state index is 0.175. The molecule has 138 valence electrons. The quantitative estimate of drug-likeness (QED) is 0.707. The van der Waals surface area contributed by atoms with Crippen LogP contribution in [0.2, 0.25) is 10.0 Å². The highest BCUT2D eigenvalue weighted by Crippen LogP contribution is 2.24. The fourth-order valence-electron chi connectivity index (χ4n) is 2.27. The van der Waals surface area contributed by atoms with Crippen molar-refractivity contribution in [2.24, 2.45) is 0 Å². The molecule has 1 amide bonds. The number of hydrogen-bond acceptors (Lipinski definition) is 4. The summed E-state index contributed by atoms with van der Waals surface area (Å²) >= 11 is 12.0. The molecule has 0 aliphatic carbocycles. The second kappa shape index (κ2) is 8.92. The molecular weight excluding hydrogens is 377 g/mol. The van der Waals surface area contributed by atoms with E-state index in [0.29, 0.717) is 22.9 Å². The van der Waals surface area contributed by atoms with E-state index in [1.807, 2.05) is 13.8 Å². The molecule has 2 aromatic rings. The van der Waals surface area contributed by atoms with Gasteiger partial charge in [0.05, 0.1) is 17.7 Å². The second-order valence-electron chi connectivity index (χ2n) is 5.60. The van der Waals surface area contributed by atoms with Gasteiger partial charge in [-0.15, -0.1) is 0 Å². The van der Waals surface area contributed by atoms with E-state index in [9.17, 15) is 9.59 Å². The lowest BCUT2D eigenvalue weighted by molar-refractivity contribution is -0.122. The molecule has 7 heteroatoms. The number of benzene rings is 2. The van der Waals surface area contributed by atoms with Gasteiger partial charge in [0.2, 0.25) is 0 Å². The molecule has 0 radical (unpaired) electrons. The van der Waals surface area contributed by atoms with E-state index in [2.05, 4.69) is 10.1 Å². The maximum absolute atomic E-state index is 12.5. The van der Waals surface area contributed by atoms with Gasteiger partial charge in [0.15, 0.2) is 6.10 Å². The van der Waals surface area contributed by atoms with Crippen molar-refractivity contribution in [3.63, 3.8) is 0 Å². The minimum Gasteiger partial charge on any atom is -0.481 e. The van der Waals surface area contributed by atoms with Gasteiger partial charge >= 0.3 is 5.97 Å². The van der Waals surface area contributed by atoms with Crippen LogP contribution in [0, 0.1) is 6.92 Å². The zero-order valence-electron chi connectivity index (χ0n) is 14.6. The number of halogens is 2. The lowest BCUT2D eigenvalue weighted by atomic mass is 10.2. The molecule has 2 rings (SSSR count). The molecule has 0 fully saturated rings. The number of amides is 1. The number of methoxy groups -OCH3 is 1. The average Bonchev–Trinajstić information content (AvgIpc) is 2.63. The van der Waals surface area contributed by atoms with Gasteiger partial charge in [0.1, 0.15) is 5.75 Å². The molecule has 0 unspecified atom stereocenters. The van der Waals surface area contributed by atoms with Crippen molar-refractivity contribution in [1.29, 1.82) is 0 Å². The summed E-state index contributed by atoms with van der Waals surface area (Å²) in [5.74, 6) is -0.357. The van der Waals surface area contributed by atoms with Gasteiger partial charge in [-0.1, -0.05) is 30.1 Å². The van der Waals surface area contributed by atoms with Gasteiger partial charge in [-0.25, -0.2) is 4.79 Å². The Morgan fingerprint density at radius 2 is 1.81 bits per heavy atom. The van der Waals surface area contributed by atoms with E-state index in [0.717, 1.165) is 5.56 Å². The molecule has 26 heavy (non-hydrogen) atoms. The molecule has 5 nitrogen and oxygen atoms in total. The van der Waals surface area contributed by atoms with Crippen molar-refractivity contribution < 1.29 is 19.1 Å². The lowest BCUT2D eigenvalue weighted by Crippen LogP contribution is -2.32. The molecule has 0 saturated carbocycles. The number of esters is 1. The Labute approximate surface area is 162 Å². The van der Waals surface area contributed by atoms with Crippen LogP contribution < -0.4 is 10.1 Å². The number of hydrogen-bond donors (Lipinski definition) is 1. The van der Waals surface area contributed by atoms with E-state index < -0.39 is 12.1 Å². The molecule has 0 saturated heterocycles. The molecule has 0 aromatic heterocycles. The summed E-state index contributed by atoms with van der Waals surface area (Å²) in [6.07, 6.45) is -0.238. The van der Waals surface area contributed by atoms with Crippen LogP contribution in [-0.4, -0.2) is 25.1 Å². The highest BCUT2D eigenvalue weighted by Gasteiger charge is 2.20. The van der Waals surface area contributed by atoms with Crippen molar-refractivity contribution in [2.45, 2.75) is 26.4 Å². The van der Waals surface area contributed by atoms with E-state index in [1.54, 1.807) is 24.3 Å². The molecule has 0 heterocycles. The van der Waals surface area contributed by atoms with Crippen LogP contribution in [0.25, 0.3) is 0 Å². The summed E-state index contributed by atoms with van der Waals surface area (Å²) in [6, 6.07) is 9.79. The number of rotatable bonds is 6. The third-order valence-corrected chi connectivity index (χ3v) is 4.46. The molecule has 0 bridgehead atoms. The summed E-state index contributed by atoms with van der Waals surface area (Å²) in [5, 5.41) is 3.61. The predicted molar refractivity (Wildman–Crippen MR) is 102 cm³/mol. The van der Waals surface area contributed by atoms with Crippen LogP contribution in [-0.2, 0) is 9.53 Å². The fourth-order valence-corrected chi connectivity index (χ4v) is 2.58. The lowest BCUT2D eigenvalue weighted by Gasteiger charge is -2.18. The van der Waals surface area contributed by atoms with Gasteiger partial charge in [-0.3, -0.25) is 4.79 Å². The SMILES string of the molecule is CC[C@H](Oc1ccc(Cl)c(C)c1)C(=O)Nc1ccc(Cl)c(C(=O)OC)c1. The van der Waals surface area contributed by atoms with Crippen molar-refractivity contribution in [3.8, 4) is 5.75 Å². The van der Waals surface area contributed by atoms with Crippen molar-refractivity contribution in [1.82, 2.24) is 0 Å². The number of carbonyl (C=O) groups excluding carboxylic acids is 2. The van der Waals surface area contributed by atoms with Gasteiger partial charge in [-0.05, 0) is 55.3 Å². The minimum atomic E-state index is -0.701. The van der Waals surface area contributed by atoms with Crippen LogP contribution in [0.3, 0.4) is 0 Å². The van der Waals surface area contributed by atoms with E-state index >= 15 is 0 Å². The first kappa shape index (κ1) is 20.1. The van der Waals surface area contributed by atoms with Crippen molar-refractivity contribution in [2.75, 3.05) is 12.4 Å². The number of carbonyl (C=O) groups is 2. The first-order valence-corrected chi connectivity index (χ1v) is 8.72. The summed E-state index contributed by atoms with van der Waals surface area (Å²) < 4.78 is 10.4. The third-order valence-electron chi connectivity index (χ3n) is 3.71. The number of anilines is 1. The summed E-state index contributed by atoms with van der Waals surface area (Å²) in [5.41, 5.74) is 1.46. The average molecular weight is 396 g/mol. The van der Waals surface area contributed by atoms with Crippen molar-refractivity contribution >= 4 is 40.8 Å². The van der Waals surface area contributed by atoms with E-state index in [-0.39, 0.29) is 16.5 Å². The van der Waals surface area contributed by atoms with Gasteiger partial charge < -0.3 is 14.8 Å². The Balaban J connectivity index is 2.13. The molecule has 0 aliphatic rings. The zero-order valence-corrected chi connectivity index (χ0v) is 16.1. The van der Waals surface area contributed by atoms with Gasteiger partial charge in [-0.2, -0.15) is 0 Å². The largest absolute Gasteiger partial charge is 0.481 e. The number of nitrogens with one attached hydrogen (secondary N) is 1. The Hall–Kier alpha value is -2.24. The van der Waals surface area contributed by atoms with E-state index in [4.69, 9.17) is 27.9 Å². The molecule has 1 atom stereocenters. The topological polar surface area (TPSA) is 64.6 Å². The number of ether oxygens (including phenoxy) is 2. The zero-order chi connectivity index (χ0) is 19.3. The van der Waals surface area contributed by atoms with Gasteiger partial charge in [0.25, 0.3) is 5.91 Å². The standard InChI is InChI=1S/C19H19Cl2NO4/c1-4-17(26-13-6-8-15(20)11(2)9-13)18(23)22-12-5-7-16(21)14(10-12)19(24)25-3/h5-10,17H,4H2,1-3H3,(H,22,23)/t17-/m0/s1. The molecular formula is C19H19Cl2NO4. The van der Waals surface area contributed by atoms with E-state index in [1.165, 1.54) is 19.2 Å². The maximum atomic E-state index is 12.5. The molecule has 1 N–H and O–H groups in total. The first-order valence-electron chi connectivity index (χ1n) is 7.97. The van der Waals surface area contributed by atoms with Crippen LogP contribution in [0.15, 0.2) is 36.4 Å². The van der Waals surface area contributed by atoms with Gasteiger partial charge in [0, 0.05) is 10.7 Å². The normalized spacial score (nSPS) is 11.6. The Morgan fingerprint density at radius 3 is 2.42 bits per heavy atom. The van der Waals surface area contributed by atoms with Crippen LogP contribution >= 0.6 is 23.2 Å². The smallest absolute Gasteiger partial charge is 0.339 e. The Morgan fingerprint density at radius 1 is 1.12 bits per heavy atom. The molecule has 2 aromatic carbocycles. The molecule has 0 spiro atoms. The summed E-state index contributed by atoms with van der Waals surface area (Å²) in [6.45, 7) is 3.70. The Kier molecular flexibility index (Phi) is 6.89. The maximum Gasteiger partial charge on any atom is 0.339 e. The van der Waals surface area contributed by atoms with Crippen LogP contribution in [0.1, 0.15) is 29.3 Å². The Bertz CT molecular complexity index is 823. The summed E-state index contributed by atoms with van der Waals surface area (Å²) in [4.78, 5) is 24.2. The monoisotopic (exact) mass is 395 g/mol. The number of aryl methyl sites for hydroxylation is 1. The highest BCUT2D eigenvalue weighted by molar-refractivity contribution is 6.33. The molecule has 0 aliphatic heterocycles. The third kappa shape index (κ3) is 4.90. The summed E-state index contributed by atoms with van der Waals surface area (Å²) in [7, 11) is 1.26. The van der Waals surface area contributed by atoms with Crippen LogP contribution in [0.4, 0.5) is 5.69 Å². The van der Waals surface area contributed by atoms with Crippen LogP contribution in [0.5, 0.6) is 5.75 Å². The predicted octanol–water partition coefficient (Wildman–Crippen LogP) is 4.88.